The summed E-state index contributed by atoms with van der Waals surface area (Å²) >= 11 is 5.80. The Morgan fingerprint density at radius 2 is 2.07 bits per heavy atom. The number of carbonyl (C=O) groups excluding carboxylic acids is 1. The van der Waals surface area contributed by atoms with Gasteiger partial charge in [-0.3, -0.25) is 4.79 Å². The second-order valence-corrected chi connectivity index (χ2v) is 3.30. The van der Waals surface area contributed by atoms with Crippen LogP contribution in [0.1, 0.15) is 10.4 Å². The minimum atomic E-state index is -0.185. The van der Waals surface area contributed by atoms with E-state index in [0.717, 1.165) is 5.69 Å². The fourth-order valence-corrected chi connectivity index (χ4v) is 1.42. The fraction of sp³-hybridized carbons (Fsp3) is 0.222. The van der Waals surface area contributed by atoms with E-state index in [0.29, 0.717) is 17.3 Å². The lowest BCUT2D eigenvalue weighted by Gasteiger charge is -2.16. The van der Waals surface area contributed by atoms with E-state index in [4.69, 9.17) is 16.3 Å². The molecule has 0 saturated carbocycles. The molecule has 1 aromatic rings. The Balaban J connectivity index is 2.41. The molecule has 0 unspecified atom stereocenters. The van der Waals surface area contributed by atoms with Gasteiger partial charge in [0, 0.05) is 10.7 Å². The van der Waals surface area contributed by atoms with Gasteiger partial charge in [-0.05, 0) is 18.2 Å². The first-order valence-electron chi connectivity index (χ1n) is 4.17. The third-order valence-corrected chi connectivity index (χ3v) is 2.16. The maximum Gasteiger partial charge on any atom is 0.255 e. The standard InChI is InChI=1S/C9H9ClN2O2/c10-6-1-2-8-7(3-6)9(13)12-5-14-4-11-8/h1-3,11H,4-5H2,(H,12,13). The van der Waals surface area contributed by atoms with Gasteiger partial charge >= 0.3 is 0 Å². The molecule has 0 aliphatic carbocycles. The van der Waals surface area contributed by atoms with Crippen molar-refractivity contribution < 1.29 is 9.53 Å². The van der Waals surface area contributed by atoms with Gasteiger partial charge in [0.25, 0.3) is 5.91 Å². The van der Waals surface area contributed by atoms with Crippen molar-refractivity contribution in [2.24, 2.45) is 0 Å². The molecule has 5 heteroatoms. The second-order valence-electron chi connectivity index (χ2n) is 2.87. The second kappa shape index (κ2) is 3.86. The van der Waals surface area contributed by atoms with E-state index in [-0.39, 0.29) is 12.6 Å². The third-order valence-electron chi connectivity index (χ3n) is 1.93. The predicted octanol–water partition coefficient (Wildman–Crippen LogP) is 1.43. The maximum atomic E-state index is 11.5. The largest absolute Gasteiger partial charge is 0.362 e. The number of fused-ring (bicyclic) bond motifs is 1. The summed E-state index contributed by atoms with van der Waals surface area (Å²) in [5.41, 5.74) is 1.27. The average Bonchev–Trinajstić information content (AvgIpc) is 2.16. The highest BCUT2D eigenvalue weighted by Crippen LogP contribution is 2.21. The summed E-state index contributed by atoms with van der Waals surface area (Å²) in [7, 11) is 0. The van der Waals surface area contributed by atoms with Crippen molar-refractivity contribution in [3.63, 3.8) is 0 Å². The van der Waals surface area contributed by atoms with Crippen molar-refractivity contribution >= 4 is 23.2 Å². The monoisotopic (exact) mass is 212 g/mol. The van der Waals surface area contributed by atoms with Crippen molar-refractivity contribution in [1.82, 2.24) is 5.32 Å². The SMILES string of the molecule is O=C1NCOCNc2ccc(Cl)cc21. The quantitative estimate of drug-likeness (QED) is 0.684. The van der Waals surface area contributed by atoms with Crippen LogP contribution in [0, 0.1) is 0 Å². The van der Waals surface area contributed by atoms with Crippen LogP contribution in [0.15, 0.2) is 18.2 Å². The number of carbonyl (C=O) groups is 1. The number of hydrogen-bond acceptors (Lipinski definition) is 3. The molecule has 0 spiro atoms. The van der Waals surface area contributed by atoms with E-state index < -0.39 is 0 Å². The minimum Gasteiger partial charge on any atom is -0.362 e. The van der Waals surface area contributed by atoms with Crippen molar-refractivity contribution in [1.29, 1.82) is 0 Å². The summed E-state index contributed by atoms with van der Waals surface area (Å²) in [6.45, 7) is 0.576. The summed E-state index contributed by atoms with van der Waals surface area (Å²) < 4.78 is 5.06. The number of anilines is 1. The Morgan fingerprint density at radius 3 is 2.93 bits per heavy atom. The molecule has 1 heterocycles. The number of rotatable bonds is 0. The predicted molar refractivity (Wildman–Crippen MR) is 53.4 cm³/mol. The molecular formula is C9H9ClN2O2. The molecule has 2 rings (SSSR count). The van der Waals surface area contributed by atoms with E-state index >= 15 is 0 Å². The molecule has 1 aliphatic rings. The van der Waals surface area contributed by atoms with Crippen LogP contribution < -0.4 is 10.6 Å². The van der Waals surface area contributed by atoms with E-state index in [2.05, 4.69) is 10.6 Å². The molecule has 14 heavy (non-hydrogen) atoms. The van der Waals surface area contributed by atoms with Crippen LogP contribution in [-0.2, 0) is 4.74 Å². The molecule has 0 atom stereocenters. The first-order valence-corrected chi connectivity index (χ1v) is 4.54. The molecule has 0 radical (unpaired) electrons. The maximum absolute atomic E-state index is 11.5. The van der Waals surface area contributed by atoms with Crippen molar-refractivity contribution in [2.75, 3.05) is 18.8 Å². The van der Waals surface area contributed by atoms with Crippen LogP contribution in [-0.4, -0.2) is 19.4 Å². The first kappa shape index (κ1) is 9.30. The third kappa shape index (κ3) is 1.81. The molecular weight excluding hydrogens is 204 g/mol. The zero-order valence-corrected chi connectivity index (χ0v) is 8.10. The minimum absolute atomic E-state index is 0.185. The summed E-state index contributed by atoms with van der Waals surface area (Å²) in [4.78, 5) is 11.5. The van der Waals surface area contributed by atoms with Crippen LogP contribution in [0.25, 0.3) is 0 Å². The lowest BCUT2D eigenvalue weighted by atomic mass is 10.1. The molecule has 0 fully saturated rings. The first-order chi connectivity index (χ1) is 6.77. The van der Waals surface area contributed by atoms with Gasteiger partial charge in [-0.25, -0.2) is 0 Å². The van der Waals surface area contributed by atoms with Crippen LogP contribution in [0.2, 0.25) is 5.02 Å². The van der Waals surface area contributed by atoms with Crippen LogP contribution >= 0.6 is 11.6 Å². The molecule has 0 aromatic heterocycles. The summed E-state index contributed by atoms with van der Waals surface area (Å²) in [6.07, 6.45) is 0. The zero-order chi connectivity index (χ0) is 9.97. The highest BCUT2D eigenvalue weighted by Gasteiger charge is 2.13. The van der Waals surface area contributed by atoms with Gasteiger partial charge in [-0.1, -0.05) is 11.6 Å². The van der Waals surface area contributed by atoms with E-state index in [1.165, 1.54) is 0 Å². The van der Waals surface area contributed by atoms with Gasteiger partial charge in [0.2, 0.25) is 0 Å². The normalized spacial score (nSPS) is 15.9. The number of halogens is 1. The lowest BCUT2D eigenvalue weighted by molar-refractivity contribution is 0.0811. The highest BCUT2D eigenvalue weighted by molar-refractivity contribution is 6.31. The summed E-state index contributed by atoms with van der Waals surface area (Å²) in [6, 6.07) is 5.11. The Bertz CT molecular complexity index is 368. The highest BCUT2D eigenvalue weighted by atomic mass is 35.5. The topological polar surface area (TPSA) is 50.4 Å². The van der Waals surface area contributed by atoms with Crippen LogP contribution in [0.5, 0.6) is 0 Å². The van der Waals surface area contributed by atoms with Crippen molar-refractivity contribution in [3.8, 4) is 0 Å². The number of nitrogens with one attached hydrogen (secondary N) is 2. The number of ether oxygens (including phenoxy) is 1. The van der Waals surface area contributed by atoms with Crippen molar-refractivity contribution in [2.45, 2.75) is 0 Å². The molecule has 2 N–H and O–H groups in total. The van der Waals surface area contributed by atoms with Gasteiger partial charge in [0.15, 0.2) is 0 Å². The molecule has 4 nitrogen and oxygen atoms in total. The van der Waals surface area contributed by atoms with Crippen molar-refractivity contribution in [3.05, 3.63) is 28.8 Å². The smallest absolute Gasteiger partial charge is 0.255 e. The zero-order valence-electron chi connectivity index (χ0n) is 7.34. The van der Waals surface area contributed by atoms with Gasteiger partial charge in [-0.15, -0.1) is 0 Å². The van der Waals surface area contributed by atoms with Crippen LogP contribution in [0.3, 0.4) is 0 Å². The van der Waals surface area contributed by atoms with Crippen LogP contribution in [0.4, 0.5) is 5.69 Å². The van der Waals surface area contributed by atoms with E-state index in [1.54, 1.807) is 18.2 Å². The fourth-order valence-electron chi connectivity index (χ4n) is 1.25. The van der Waals surface area contributed by atoms with Gasteiger partial charge in [0.05, 0.1) is 5.56 Å². The lowest BCUT2D eigenvalue weighted by Crippen LogP contribution is -2.30. The Morgan fingerprint density at radius 1 is 1.29 bits per heavy atom. The summed E-state index contributed by atoms with van der Waals surface area (Å²) in [5.74, 6) is -0.185. The van der Waals surface area contributed by atoms with E-state index in [1.807, 2.05) is 0 Å². The summed E-state index contributed by atoms with van der Waals surface area (Å²) in [5, 5.41) is 6.13. The van der Waals surface area contributed by atoms with E-state index in [9.17, 15) is 4.79 Å². The molecule has 1 aliphatic heterocycles. The van der Waals surface area contributed by atoms with Gasteiger partial charge in [-0.2, -0.15) is 0 Å². The molecule has 0 bridgehead atoms. The number of hydrogen-bond donors (Lipinski definition) is 2. The average molecular weight is 213 g/mol. The molecule has 74 valence electrons. The molecule has 1 amide bonds. The van der Waals surface area contributed by atoms with Gasteiger partial charge in [0.1, 0.15) is 13.5 Å². The Kier molecular flexibility index (Phi) is 2.56. The number of benzene rings is 1. The Labute approximate surface area is 86.2 Å². The number of amides is 1. The van der Waals surface area contributed by atoms with Gasteiger partial charge < -0.3 is 15.4 Å². The molecule has 0 saturated heterocycles. The molecule has 1 aromatic carbocycles. The Hall–Kier alpha value is -1.26.